The summed E-state index contributed by atoms with van der Waals surface area (Å²) in [6.07, 6.45) is 2.76. The molecule has 80 valence electrons. The molecular weight excluding hydrogens is 188 g/mol. The Morgan fingerprint density at radius 3 is 2.73 bits per heavy atom. The third-order valence-electron chi connectivity index (χ3n) is 2.35. The summed E-state index contributed by atoms with van der Waals surface area (Å²) >= 11 is 0. The predicted molar refractivity (Wildman–Crippen MR) is 62.9 cm³/mol. The average Bonchev–Trinajstić information content (AvgIpc) is 2.74. The van der Waals surface area contributed by atoms with E-state index < -0.39 is 0 Å². The maximum atomic E-state index is 5.49. The summed E-state index contributed by atoms with van der Waals surface area (Å²) in [5.74, 6) is 0. The molecule has 0 aliphatic carbocycles. The normalized spacial score (nSPS) is 14.6. The molecule has 0 bridgehead atoms. The van der Waals surface area contributed by atoms with E-state index in [2.05, 4.69) is 34.7 Å². The van der Waals surface area contributed by atoms with Crippen molar-refractivity contribution in [2.24, 2.45) is 10.7 Å². The Kier molecular flexibility index (Phi) is 3.19. The highest BCUT2D eigenvalue weighted by atomic mass is 15.5. The van der Waals surface area contributed by atoms with Crippen molar-refractivity contribution in [3.8, 4) is 0 Å². The molecule has 4 heteroatoms. The quantitative estimate of drug-likeness (QED) is 0.764. The molecule has 0 atom stereocenters. The van der Waals surface area contributed by atoms with Crippen molar-refractivity contribution >= 4 is 12.0 Å². The second kappa shape index (κ2) is 4.79. The molecule has 0 spiro atoms. The lowest BCUT2D eigenvalue weighted by atomic mass is 10.1. The van der Waals surface area contributed by atoms with E-state index in [0.29, 0.717) is 6.54 Å². The molecule has 4 nitrogen and oxygen atoms in total. The van der Waals surface area contributed by atoms with Gasteiger partial charge in [-0.15, -0.1) is 0 Å². The molecule has 0 aromatic heterocycles. The first-order chi connectivity index (χ1) is 7.38. The summed E-state index contributed by atoms with van der Waals surface area (Å²) in [5.41, 5.74) is 11.1. The first kappa shape index (κ1) is 9.98. The van der Waals surface area contributed by atoms with Crippen molar-refractivity contribution < 1.29 is 0 Å². The van der Waals surface area contributed by atoms with Crippen LogP contribution >= 0.6 is 0 Å². The molecular formula is C11H16N4. The molecule has 0 radical (unpaired) electrons. The van der Waals surface area contributed by atoms with Crippen LogP contribution in [-0.4, -0.2) is 31.0 Å². The molecule has 1 aromatic carbocycles. The van der Waals surface area contributed by atoms with E-state index in [1.807, 2.05) is 11.3 Å². The number of hydrogen-bond acceptors (Lipinski definition) is 4. The van der Waals surface area contributed by atoms with Gasteiger partial charge in [-0.2, -0.15) is 0 Å². The lowest BCUT2D eigenvalue weighted by molar-refractivity contribution is 0.557. The highest BCUT2D eigenvalue weighted by molar-refractivity contribution is 5.60. The molecule has 1 aliphatic rings. The highest BCUT2D eigenvalue weighted by Crippen LogP contribution is 2.11. The van der Waals surface area contributed by atoms with Crippen LogP contribution in [0.1, 0.15) is 5.56 Å². The van der Waals surface area contributed by atoms with Gasteiger partial charge in [0.15, 0.2) is 0 Å². The summed E-state index contributed by atoms with van der Waals surface area (Å²) in [6, 6.07) is 8.33. The lowest BCUT2D eigenvalue weighted by Gasteiger charge is -2.16. The van der Waals surface area contributed by atoms with Gasteiger partial charge in [0.25, 0.3) is 0 Å². The van der Waals surface area contributed by atoms with Crippen molar-refractivity contribution in [3.63, 3.8) is 0 Å². The largest absolute Gasteiger partial charge is 0.330 e. The molecule has 0 saturated heterocycles. The number of benzene rings is 1. The number of rotatable bonds is 4. The topological polar surface area (TPSA) is 53.6 Å². The fourth-order valence-electron chi connectivity index (χ4n) is 1.54. The van der Waals surface area contributed by atoms with Crippen LogP contribution in [-0.2, 0) is 6.42 Å². The average molecular weight is 204 g/mol. The van der Waals surface area contributed by atoms with Gasteiger partial charge in [-0.1, -0.05) is 12.1 Å². The first-order valence-corrected chi connectivity index (χ1v) is 5.21. The van der Waals surface area contributed by atoms with Crippen LogP contribution in [0.5, 0.6) is 0 Å². The second-order valence-electron chi connectivity index (χ2n) is 3.56. The Bertz CT molecular complexity index is 331. The van der Waals surface area contributed by atoms with E-state index in [0.717, 1.165) is 25.2 Å². The van der Waals surface area contributed by atoms with Gasteiger partial charge in [-0.05, 0) is 30.7 Å². The number of hydrogen-bond donors (Lipinski definition) is 2. The van der Waals surface area contributed by atoms with Crippen molar-refractivity contribution in [2.75, 3.05) is 25.1 Å². The summed E-state index contributed by atoms with van der Waals surface area (Å²) in [4.78, 5) is 4.13. The predicted octanol–water partition coefficient (Wildman–Crippen LogP) is 0.859. The molecule has 1 heterocycles. The standard InChI is InChI=1S/C11H16N4/c12-6-5-10-1-3-11(4-2-10)14-15-8-7-13-9-15/h1-4,9,14H,5-8,12H2. The third kappa shape index (κ3) is 2.70. The van der Waals surface area contributed by atoms with E-state index in [1.165, 1.54) is 5.56 Å². The van der Waals surface area contributed by atoms with Crippen molar-refractivity contribution in [1.82, 2.24) is 5.01 Å². The summed E-state index contributed by atoms with van der Waals surface area (Å²) < 4.78 is 0. The van der Waals surface area contributed by atoms with Crippen molar-refractivity contribution in [3.05, 3.63) is 29.8 Å². The SMILES string of the molecule is NCCc1ccc(NN2C=NCC2)cc1. The van der Waals surface area contributed by atoms with Crippen LogP contribution in [0.3, 0.4) is 0 Å². The summed E-state index contributed by atoms with van der Waals surface area (Å²) in [7, 11) is 0. The van der Waals surface area contributed by atoms with Gasteiger partial charge >= 0.3 is 0 Å². The fourth-order valence-corrected chi connectivity index (χ4v) is 1.54. The first-order valence-electron chi connectivity index (χ1n) is 5.21. The van der Waals surface area contributed by atoms with Crippen LogP contribution in [0.2, 0.25) is 0 Å². The molecule has 0 unspecified atom stereocenters. The van der Waals surface area contributed by atoms with Gasteiger partial charge in [0.1, 0.15) is 6.34 Å². The number of nitrogens with two attached hydrogens (primary N) is 1. The van der Waals surface area contributed by atoms with Crippen LogP contribution in [0.4, 0.5) is 5.69 Å². The number of aliphatic imine (C=N–C) groups is 1. The van der Waals surface area contributed by atoms with Gasteiger partial charge in [0.05, 0.1) is 18.8 Å². The maximum Gasteiger partial charge on any atom is 0.104 e. The van der Waals surface area contributed by atoms with Gasteiger partial charge in [0, 0.05) is 0 Å². The fraction of sp³-hybridized carbons (Fsp3) is 0.364. The molecule has 0 saturated carbocycles. The Morgan fingerprint density at radius 2 is 2.13 bits per heavy atom. The second-order valence-corrected chi connectivity index (χ2v) is 3.56. The van der Waals surface area contributed by atoms with Crippen LogP contribution < -0.4 is 11.2 Å². The minimum Gasteiger partial charge on any atom is -0.330 e. The molecule has 2 rings (SSSR count). The Balaban J connectivity index is 1.94. The van der Waals surface area contributed by atoms with Gasteiger partial charge < -0.3 is 5.73 Å². The van der Waals surface area contributed by atoms with Crippen molar-refractivity contribution in [2.45, 2.75) is 6.42 Å². The lowest BCUT2D eigenvalue weighted by Crippen LogP contribution is -2.26. The molecule has 0 amide bonds. The number of anilines is 1. The van der Waals surface area contributed by atoms with E-state index in [9.17, 15) is 0 Å². The van der Waals surface area contributed by atoms with Crippen LogP contribution in [0, 0.1) is 0 Å². The van der Waals surface area contributed by atoms with E-state index in [1.54, 1.807) is 0 Å². The minimum atomic E-state index is 0.700. The number of hydrazine groups is 1. The smallest absolute Gasteiger partial charge is 0.104 e. The summed E-state index contributed by atoms with van der Waals surface area (Å²) in [6.45, 7) is 2.51. The number of nitrogens with one attached hydrogen (secondary N) is 1. The summed E-state index contributed by atoms with van der Waals surface area (Å²) in [5, 5.41) is 1.98. The Labute approximate surface area is 89.8 Å². The van der Waals surface area contributed by atoms with Gasteiger partial charge in [-0.25, -0.2) is 0 Å². The van der Waals surface area contributed by atoms with Crippen LogP contribution in [0.15, 0.2) is 29.3 Å². The van der Waals surface area contributed by atoms with E-state index >= 15 is 0 Å². The zero-order chi connectivity index (χ0) is 10.5. The van der Waals surface area contributed by atoms with Gasteiger partial charge in [0.2, 0.25) is 0 Å². The molecule has 15 heavy (non-hydrogen) atoms. The monoisotopic (exact) mass is 204 g/mol. The van der Waals surface area contributed by atoms with E-state index in [-0.39, 0.29) is 0 Å². The van der Waals surface area contributed by atoms with E-state index in [4.69, 9.17) is 5.73 Å². The molecule has 1 aliphatic heterocycles. The highest BCUT2D eigenvalue weighted by Gasteiger charge is 2.04. The number of nitrogens with zero attached hydrogens (tertiary/aromatic N) is 2. The Morgan fingerprint density at radius 1 is 1.33 bits per heavy atom. The zero-order valence-corrected chi connectivity index (χ0v) is 8.69. The molecule has 3 N–H and O–H groups in total. The van der Waals surface area contributed by atoms with Crippen LogP contribution in [0.25, 0.3) is 0 Å². The molecule has 1 aromatic rings. The zero-order valence-electron chi connectivity index (χ0n) is 8.69. The molecule has 0 fully saturated rings. The van der Waals surface area contributed by atoms with Crippen molar-refractivity contribution in [1.29, 1.82) is 0 Å². The minimum absolute atomic E-state index is 0.700. The third-order valence-corrected chi connectivity index (χ3v) is 2.35. The Hall–Kier alpha value is -1.55. The van der Waals surface area contributed by atoms with Gasteiger partial charge in [-0.3, -0.25) is 15.4 Å². The maximum absolute atomic E-state index is 5.49.